The highest BCUT2D eigenvalue weighted by molar-refractivity contribution is 6.08. The summed E-state index contributed by atoms with van der Waals surface area (Å²) >= 11 is 0. The monoisotopic (exact) mass is 708 g/mol. The number of ether oxygens (including phenoxy) is 3. The van der Waals surface area contributed by atoms with Crippen LogP contribution in [0, 0.1) is 16.0 Å². The lowest BCUT2D eigenvalue weighted by Crippen LogP contribution is -2.49. The molecule has 52 heavy (non-hydrogen) atoms. The van der Waals surface area contributed by atoms with E-state index in [2.05, 4.69) is 15.1 Å². The molecule has 1 aromatic heterocycles. The number of nitro groups is 1. The number of nitrogens with one attached hydrogen (secondary N) is 1. The molecule has 2 saturated heterocycles. The number of nitrogens with zero attached hydrogens (tertiary/aromatic N) is 5. The number of benzene rings is 3. The van der Waals surface area contributed by atoms with Gasteiger partial charge in [0.05, 0.1) is 37.6 Å². The topological polar surface area (TPSA) is 149 Å². The second kappa shape index (κ2) is 14.3. The fourth-order valence-electron chi connectivity index (χ4n) is 7.68. The molecule has 1 N–H and O–H groups in total. The van der Waals surface area contributed by atoms with Gasteiger partial charge < -0.3 is 38.8 Å². The van der Waals surface area contributed by atoms with Crippen LogP contribution in [0.4, 0.5) is 22.7 Å². The number of anilines is 3. The van der Waals surface area contributed by atoms with Crippen LogP contribution in [0.25, 0.3) is 0 Å². The summed E-state index contributed by atoms with van der Waals surface area (Å²) in [5, 5.41) is 14.2. The smallest absolute Gasteiger partial charge is 0.269 e. The molecule has 2 amide bonds. The number of methoxy groups -OCH3 is 3. The maximum atomic E-state index is 14.0. The van der Waals surface area contributed by atoms with Gasteiger partial charge in [0.25, 0.3) is 23.1 Å². The van der Waals surface area contributed by atoms with E-state index in [0.29, 0.717) is 74.3 Å². The lowest BCUT2D eigenvalue weighted by atomic mass is 9.83. The molecule has 4 aromatic rings. The quantitative estimate of drug-likeness (QED) is 0.193. The van der Waals surface area contributed by atoms with E-state index in [0.717, 1.165) is 23.5 Å². The first-order chi connectivity index (χ1) is 25.2. The molecule has 0 radical (unpaired) electrons. The second-order valence-corrected chi connectivity index (χ2v) is 13.3. The molecule has 3 aromatic carbocycles. The maximum absolute atomic E-state index is 14.0. The number of amides is 2. The first-order valence-electron chi connectivity index (χ1n) is 17.2. The molecular formula is C38H40N6O8. The number of hydrogen-bond acceptors (Lipinski definition) is 10. The van der Waals surface area contributed by atoms with Gasteiger partial charge in [-0.05, 0) is 60.9 Å². The van der Waals surface area contributed by atoms with Crippen molar-refractivity contribution in [2.45, 2.75) is 18.9 Å². The average Bonchev–Trinajstić information content (AvgIpc) is 3.17. The zero-order chi connectivity index (χ0) is 36.5. The zero-order valence-electron chi connectivity index (χ0n) is 29.2. The first kappa shape index (κ1) is 34.4. The van der Waals surface area contributed by atoms with E-state index in [-0.39, 0.29) is 34.6 Å². The Morgan fingerprint density at radius 1 is 0.808 bits per heavy atom. The van der Waals surface area contributed by atoms with Crippen LogP contribution in [0.5, 0.6) is 17.2 Å². The molecule has 3 aliphatic heterocycles. The molecule has 0 aliphatic carbocycles. The fraction of sp³-hybridized carbons (Fsp3) is 0.342. The number of nitro benzene ring substituents is 1. The third kappa shape index (κ3) is 6.59. The van der Waals surface area contributed by atoms with Gasteiger partial charge in [-0.25, -0.2) is 0 Å². The Kier molecular flexibility index (Phi) is 9.45. The predicted molar refractivity (Wildman–Crippen MR) is 195 cm³/mol. The summed E-state index contributed by atoms with van der Waals surface area (Å²) in [6, 6.07) is 20.4. The molecule has 270 valence electrons. The number of carbonyl (C=O) groups excluding carboxylic acids is 2. The van der Waals surface area contributed by atoms with Gasteiger partial charge in [-0.2, -0.15) is 0 Å². The molecule has 0 saturated carbocycles. The lowest BCUT2D eigenvalue weighted by Gasteiger charge is -2.44. The van der Waals surface area contributed by atoms with Crippen molar-refractivity contribution in [2.24, 2.45) is 5.92 Å². The molecule has 2 bridgehead atoms. The number of pyridine rings is 1. The van der Waals surface area contributed by atoms with E-state index < -0.39 is 10.8 Å². The van der Waals surface area contributed by atoms with Crippen molar-refractivity contribution in [3.8, 4) is 17.2 Å². The van der Waals surface area contributed by atoms with Crippen LogP contribution in [0.2, 0.25) is 0 Å². The average molecular weight is 709 g/mol. The number of hydrogen-bond donors (Lipinski definition) is 1. The summed E-state index contributed by atoms with van der Waals surface area (Å²) in [5.74, 6) is 0.816. The highest BCUT2D eigenvalue weighted by Gasteiger charge is 2.36. The molecule has 4 heterocycles. The van der Waals surface area contributed by atoms with E-state index >= 15 is 0 Å². The minimum Gasteiger partial charge on any atom is -0.493 e. The summed E-state index contributed by atoms with van der Waals surface area (Å²) in [7, 11) is 4.46. The van der Waals surface area contributed by atoms with Gasteiger partial charge in [-0.1, -0.05) is 6.07 Å². The van der Waals surface area contributed by atoms with Crippen molar-refractivity contribution in [3.63, 3.8) is 0 Å². The summed E-state index contributed by atoms with van der Waals surface area (Å²) in [6.07, 6.45) is 0.968. The summed E-state index contributed by atoms with van der Waals surface area (Å²) in [5.41, 5.74) is 3.89. The minimum atomic E-state index is -0.425. The predicted octanol–water partition coefficient (Wildman–Crippen LogP) is 4.62. The molecule has 14 heteroatoms. The normalized spacial score (nSPS) is 17.9. The number of non-ortho nitro benzene ring substituents is 1. The van der Waals surface area contributed by atoms with Gasteiger partial charge in [-0.15, -0.1) is 0 Å². The molecule has 0 spiro atoms. The molecular weight excluding hydrogens is 668 g/mol. The third-order valence-electron chi connectivity index (χ3n) is 10.2. The number of rotatable bonds is 9. The van der Waals surface area contributed by atoms with Gasteiger partial charge in [0.15, 0.2) is 11.5 Å². The van der Waals surface area contributed by atoms with Crippen LogP contribution in [0.1, 0.15) is 38.7 Å². The van der Waals surface area contributed by atoms with Crippen molar-refractivity contribution in [1.82, 2.24) is 9.47 Å². The van der Waals surface area contributed by atoms with Crippen LogP contribution in [-0.4, -0.2) is 86.8 Å². The van der Waals surface area contributed by atoms with Gasteiger partial charge >= 0.3 is 0 Å². The Balaban J connectivity index is 1.16. The SMILES string of the molecule is COc1cc(C(=O)Nc2cc(C(=O)N3CCN(c4ccc([N+](=O)[O-])cc4)CC3)ccc2N2C[C@H]3C[C@@H](C2)c2cccc(=O)n2C3)cc(OC)c1OC. The van der Waals surface area contributed by atoms with Crippen LogP contribution in [-0.2, 0) is 6.54 Å². The van der Waals surface area contributed by atoms with Crippen LogP contribution >= 0.6 is 0 Å². The molecule has 2 atom stereocenters. The number of piperazine rings is 1. The van der Waals surface area contributed by atoms with Crippen molar-refractivity contribution < 1.29 is 28.7 Å². The number of fused-ring (bicyclic) bond motifs is 4. The Morgan fingerprint density at radius 2 is 1.52 bits per heavy atom. The maximum Gasteiger partial charge on any atom is 0.269 e. The van der Waals surface area contributed by atoms with Crippen LogP contribution in [0.15, 0.2) is 77.6 Å². The van der Waals surface area contributed by atoms with Gasteiger partial charge in [0, 0.05) is 92.4 Å². The van der Waals surface area contributed by atoms with E-state index in [1.807, 2.05) is 22.8 Å². The Labute approximate surface area is 300 Å². The summed E-state index contributed by atoms with van der Waals surface area (Å²) in [6.45, 7) is 3.99. The van der Waals surface area contributed by atoms with E-state index in [9.17, 15) is 24.5 Å². The van der Waals surface area contributed by atoms with E-state index in [1.54, 1.807) is 47.4 Å². The van der Waals surface area contributed by atoms with Crippen molar-refractivity contribution in [2.75, 3.05) is 75.7 Å². The van der Waals surface area contributed by atoms with Gasteiger partial charge in [-0.3, -0.25) is 24.5 Å². The largest absolute Gasteiger partial charge is 0.493 e. The van der Waals surface area contributed by atoms with Crippen molar-refractivity contribution >= 4 is 34.6 Å². The third-order valence-corrected chi connectivity index (χ3v) is 10.2. The minimum absolute atomic E-state index is 0.00962. The van der Waals surface area contributed by atoms with Gasteiger partial charge in [0.2, 0.25) is 5.75 Å². The fourth-order valence-corrected chi connectivity index (χ4v) is 7.68. The van der Waals surface area contributed by atoms with Crippen LogP contribution < -0.4 is 34.9 Å². The summed E-state index contributed by atoms with van der Waals surface area (Å²) < 4.78 is 18.3. The Hall–Kier alpha value is -6.05. The number of aromatic nitrogens is 1. The molecule has 2 fully saturated rings. The standard InChI is InChI=1S/C38H40N6O8/c1-50-33-19-26(20-34(51-2)36(33)52-3)37(46)39-30-18-25(38(47)41-15-13-40(14-16-41)28-8-10-29(11-9-28)44(48)49)7-12-32(30)42-21-24-17-27(23-42)31-5-4-6-35(45)43(31)22-24/h4-12,18-20,24,27H,13-17,21-23H2,1-3H3,(H,39,46)/t24-,27+/m1/s1. The Bertz CT molecular complexity index is 2050. The Morgan fingerprint density at radius 3 is 2.17 bits per heavy atom. The van der Waals surface area contributed by atoms with E-state index in [4.69, 9.17) is 14.2 Å². The van der Waals surface area contributed by atoms with Crippen LogP contribution in [0.3, 0.4) is 0 Å². The molecule has 3 aliphatic rings. The van der Waals surface area contributed by atoms with Crippen molar-refractivity contribution in [3.05, 3.63) is 110 Å². The zero-order valence-corrected chi connectivity index (χ0v) is 29.2. The lowest BCUT2D eigenvalue weighted by molar-refractivity contribution is -0.384. The highest BCUT2D eigenvalue weighted by atomic mass is 16.6. The summed E-state index contributed by atoms with van der Waals surface area (Å²) in [4.78, 5) is 57.3. The second-order valence-electron chi connectivity index (χ2n) is 13.3. The van der Waals surface area contributed by atoms with Gasteiger partial charge in [0.1, 0.15) is 0 Å². The molecule has 0 unspecified atom stereocenters. The van der Waals surface area contributed by atoms with E-state index in [1.165, 1.54) is 33.5 Å². The molecule has 7 rings (SSSR count). The first-order valence-corrected chi connectivity index (χ1v) is 17.2. The number of carbonyl (C=O) groups is 2. The molecule has 14 nitrogen and oxygen atoms in total. The highest BCUT2D eigenvalue weighted by Crippen LogP contribution is 2.41. The van der Waals surface area contributed by atoms with Crippen molar-refractivity contribution in [1.29, 1.82) is 0 Å². The number of piperidine rings is 1.